The summed E-state index contributed by atoms with van der Waals surface area (Å²) in [7, 11) is -2.06. The Morgan fingerprint density at radius 3 is 2.42 bits per heavy atom. The van der Waals surface area contributed by atoms with Crippen LogP contribution in [0.3, 0.4) is 0 Å². The molecule has 9 heteroatoms. The second kappa shape index (κ2) is 10.8. The highest BCUT2D eigenvalue weighted by Gasteiger charge is 2.43. The fraction of sp³-hybridized carbons (Fsp3) is 0.379. The second-order valence-electron chi connectivity index (χ2n) is 10.00. The molecule has 3 aromatic rings. The van der Waals surface area contributed by atoms with E-state index in [0.717, 1.165) is 49.0 Å². The lowest BCUT2D eigenvalue weighted by Gasteiger charge is -2.28. The Morgan fingerprint density at radius 1 is 1.05 bits per heavy atom. The van der Waals surface area contributed by atoms with Crippen LogP contribution in [-0.2, 0) is 20.2 Å². The van der Waals surface area contributed by atoms with Crippen LogP contribution in [0.1, 0.15) is 44.1 Å². The number of anilines is 1. The van der Waals surface area contributed by atoms with Crippen molar-refractivity contribution in [1.82, 2.24) is 9.29 Å². The van der Waals surface area contributed by atoms with Crippen LogP contribution in [0.25, 0.3) is 11.3 Å². The first-order chi connectivity index (χ1) is 18.4. The van der Waals surface area contributed by atoms with Gasteiger partial charge in [0.05, 0.1) is 29.7 Å². The zero-order valence-electron chi connectivity index (χ0n) is 21.5. The molecule has 1 aromatic heterocycles. The number of pyridine rings is 1. The Bertz CT molecular complexity index is 1380. The number of rotatable bonds is 8. The molecule has 0 unspecified atom stereocenters. The predicted molar refractivity (Wildman–Crippen MR) is 145 cm³/mol. The van der Waals surface area contributed by atoms with Gasteiger partial charge >= 0.3 is 0 Å². The van der Waals surface area contributed by atoms with E-state index >= 15 is 0 Å². The standard InChI is InChI=1S/C29H33N3O5S/c1-37-24-13-11-22(12-14-24)29(17-2-3-18-29)28(34)31-27-8-4-7-26(30-27)21-9-15-25(16-10-21)38(35,36)32-19-5-6-23(32)20-33/h4,7-16,23,33H,2-3,5-6,17-20H2,1H3,(H,30,31,34)/t23-/m1/s1. The van der Waals surface area contributed by atoms with Crippen LogP contribution in [0.5, 0.6) is 5.75 Å². The van der Waals surface area contributed by atoms with Crippen LogP contribution < -0.4 is 10.1 Å². The van der Waals surface area contributed by atoms with Gasteiger partial charge in [-0.15, -0.1) is 0 Å². The smallest absolute Gasteiger partial charge is 0.243 e. The fourth-order valence-electron chi connectivity index (χ4n) is 5.68. The molecule has 1 atom stereocenters. The molecular weight excluding hydrogens is 502 g/mol. The second-order valence-corrected chi connectivity index (χ2v) is 11.9. The van der Waals surface area contributed by atoms with Crippen LogP contribution >= 0.6 is 0 Å². The number of amides is 1. The Labute approximate surface area is 223 Å². The molecule has 1 saturated heterocycles. The molecular formula is C29H33N3O5S. The van der Waals surface area contributed by atoms with Gasteiger partial charge in [0.1, 0.15) is 11.6 Å². The highest BCUT2D eigenvalue weighted by atomic mass is 32.2. The molecule has 2 aliphatic rings. The zero-order chi connectivity index (χ0) is 26.8. The van der Waals surface area contributed by atoms with Crippen LogP contribution in [0.15, 0.2) is 71.6 Å². The third-order valence-electron chi connectivity index (χ3n) is 7.82. The summed E-state index contributed by atoms with van der Waals surface area (Å²) in [5.74, 6) is 1.13. The van der Waals surface area contributed by atoms with Crippen molar-refractivity contribution in [2.45, 2.75) is 54.9 Å². The first-order valence-corrected chi connectivity index (χ1v) is 14.5. The number of hydrogen-bond acceptors (Lipinski definition) is 6. The van der Waals surface area contributed by atoms with Crippen molar-refractivity contribution in [3.8, 4) is 17.0 Å². The highest BCUT2D eigenvalue weighted by molar-refractivity contribution is 7.89. The molecule has 0 spiro atoms. The summed E-state index contributed by atoms with van der Waals surface area (Å²) in [6.07, 6.45) is 4.92. The van der Waals surface area contributed by atoms with Gasteiger partial charge in [-0.05, 0) is 67.6 Å². The summed E-state index contributed by atoms with van der Waals surface area (Å²) in [4.78, 5) is 18.4. The number of aliphatic hydroxyl groups excluding tert-OH is 1. The lowest BCUT2D eigenvalue weighted by Crippen LogP contribution is -2.38. The largest absolute Gasteiger partial charge is 0.497 e. The van der Waals surface area contributed by atoms with Crippen LogP contribution in [0.4, 0.5) is 5.82 Å². The van der Waals surface area contributed by atoms with E-state index < -0.39 is 15.4 Å². The molecule has 2 aromatic carbocycles. The van der Waals surface area contributed by atoms with E-state index in [0.29, 0.717) is 24.5 Å². The maximum atomic E-state index is 13.6. The Morgan fingerprint density at radius 2 is 1.76 bits per heavy atom. The van der Waals surface area contributed by atoms with Crippen LogP contribution in [0.2, 0.25) is 0 Å². The third-order valence-corrected chi connectivity index (χ3v) is 9.78. The molecule has 38 heavy (non-hydrogen) atoms. The number of aromatic nitrogens is 1. The Hall–Kier alpha value is -3.27. The monoisotopic (exact) mass is 535 g/mol. The van der Waals surface area contributed by atoms with E-state index in [1.165, 1.54) is 4.31 Å². The third kappa shape index (κ3) is 4.93. The molecule has 5 rings (SSSR count). The minimum Gasteiger partial charge on any atom is -0.497 e. The van der Waals surface area contributed by atoms with Crippen molar-refractivity contribution >= 4 is 21.7 Å². The van der Waals surface area contributed by atoms with E-state index in [1.54, 1.807) is 37.4 Å². The number of sulfonamides is 1. The lowest BCUT2D eigenvalue weighted by molar-refractivity contribution is -0.121. The van der Waals surface area contributed by atoms with Gasteiger partial charge in [-0.25, -0.2) is 13.4 Å². The lowest BCUT2D eigenvalue weighted by atomic mass is 9.78. The highest BCUT2D eigenvalue weighted by Crippen LogP contribution is 2.42. The average molecular weight is 536 g/mol. The van der Waals surface area contributed by atoms with E-state index in [1.807, 2.05) is 36.4 Å². The number of methoxy groups -OCH3 is 1. The molecule has 2 fully saturated rings. The van der Waals surface area contributed by atoms with Gasteiger partial charge in [-0.2, -0.15) is 4.31 Å². The SMILES string of the molecule is COc1ccc(C2(C(=O)Nc3cccc(-c4ccc(S(=O)(=O)N5CCC[C@@H]5CO)cc4)n3)CCCC2)cc1. The average Bonchev–Trinajstić information content (AvgIpc) is 3.65. The van der Waals surface area contributed by atoms with Crippen molar-refractivity contribution in [2.24, 2.45) is 0 Å². The molecule has 0 radical (unpaired) electrons. The number of benzene rings is 2. The van der Waals surface area contributed by atoms with Crippen molar-refractivity contribution in [3.05, 3.63) is 72.3 Å². The number of ether oxygens (including phenoxy) is 1. The molecule has 1 aliphatic heterocycles. The number of carbonyl (C=O) groups excluding carboxylic acids is 1. The molecule has 200 valence electrons. The summed E-state index contributed by atoms with van der Waals surface area (Å²) in [6.45, 7) is 0.232. The van der Waals surface area contributed by atoms with Gasteiger partial charge < -0.3 is 15.2 Å². The number of carbonyl (C=O) groups is 1. The summed E-state index contributed by atoms with van der Waals surface area (Å²) >= 11 is 0. The minimum absolute atomic E-state index is 0.0738. The number of aliphatic hydroxyl groups is 1. The quantitative estimate of drug-likeness (QED) is 0.444. The molecule has 1 aliphatic carbocycles. The van der Waals surface area contributed by atoms with Gasteiger partial charge in [-0.3, -0.25) is 4.79 Å². The first kappa shape index (κ1) is 26.3. The molecule has 2 heterocycles. The van der Waals surface area contributed by atoms with Crippen LogP contribution in [0, 0.1) is 0 Å². The maximum Gasteiger partial charge on any atom is 0.243 e. The molecule has 1 amide bonds. The first-order valence-electron chi connectivity index (χ1n) is 13.0. The van der Waals surface area contributed by atoms with E-state index in [2.05, 4.69) is 10.3 Å². The molecule has 0 bridgehead atoms. The molecule has 2 N–H and O–H groups in total. The Balaban J connectivity index is 1.35. The molecule has 8 nitrogen and oxygen atoms in total. The predicted octanol–water partition coefficient (Wildman–Crippen LogP) is 4.35. The summed E-state index contributed by atoms with van der Waals surface area (Å²) in [5.41, 5.74) is 1.74. The Kier molecular flexibility index (Phi) is 7.52. The van der Waals surface area contributed by atoms with Gasteiger partial charge in [0.15, 0.2) is 0 Å². The zero-order valence-corrected chi connectivity index (χ0v) is 22.3. The summed E-state index contributed by atoms with van der Waals surface area (Å²) in [6, 6.07) is 19.3. The molecule has 1 saturated carbocycles. The van der Waals surface area contributed by atoms with Gasteiger partial charge in [0.25, 0.3) is 0 Å². The fourth-order valence-corrected chi connectivity index (χ4v) is 7.36. The van der Waals surface area contributed by atoms with Crippen molar-refractivity contribution in [3.63, 3.8) is 0 Å². The number of nitrogens with one attached hydrogen (secondary N) is 1. The number of nitrogens with zero attached hydrogens (tertiary/aromatic N) is 2. The normalized spacial score (nSPS) is 19.4. The van der Waals surface area contributed by atoms with Gasteiger partial charge in [0.2, 0.25) is 15.9 Å². The summed E-state index contributed by atoms with van der Waals surface area (Å²) < 4.78 is 32.8. The topological polar surface area (TPSA) is 109 Å². The van der Waals surface area contributed by atoms with Crippen molar-refractivity contribution < 1.29 is 23.1 Å². The maximum absolute atomic E-state index is 13.6. The van der Waals surface area contributed by atoms with Gasteiger partial charge in [0, 0.05) is 18.2 Å². The van der Waals surface area contributed by atoms with E-state index in [9.17, 15) is 18.3 Å². The summed E-state index contributed by atoms with van der Waals surface area (Å²) in [5, 5.41) is 12.6. The van der Waals surface area contributed by atoms with E-state index in [-0.39, 0.29) is 23.5 Å². The van der Waals surface area contributed by atoms with Gasteiger partial charge in [-0.1, -0.05) is 43.2 Å². The van der Waals surface area contributed by atoms with Crippen molar-refractivity contribution in [1.29, 1.82) is 0 Å². The number of hydrogen-bond donors (Lipinski definition) is 2. The van der Waals surface area contributed by atoms with Crippen molar-refractivity contribution in [2.75, 3.05) is 25.6 Å². The minimum atomic E-state index is -3.68. The van der Waals surface area contributed by atoms with E-state index in [4.69, 9.17) is 4.74 Å². The van der Waals surface area contributed by atoms with Crippen LogP contribution in [-0.4, -0.2) is 55.0 Å².